The normalized spacial score (nSPS) is 20.9. The first-order chi connectivity index (χ1) is 6.92. The Bertz CT molecular complexity index is 255. The number of ether oxygens (including phenoxy) is 1. The van der Waals surface area contributed by atoms with Crippen molar-refractivity contribution in [2.75, 3.05) is 32.8 Å². The van der Waals surface area contributed by atoms with E-state index in [0.29, 0.717) is 6.54 Å². The van der Waals surface area contributed by atoms with Crippen LogP contribution in [0, 0.1) is 0 Å². The van der Waals surface area contributed by atoms with Gasteiger partial charge in [-0.1, -0.05) is 0 Å². The summed E-state index contributed by atoms with van der Waals surface area (Å²) in [6.07, 6.45) is 3.46. The highest BCUT2D eigenvalue weighted by atomic mass is 16.5. The number of hydrogen-bond donors (Lipinski definition) is 1. The van der Waals surface area contributed by atoms with Crippen molar-refractivity contribution in [2.45, 2.75) is 6.04 Å². The number of nitrogens with two attached hydrogens (primary N) is 1. The van der Waals surface area contributed by atoms with Gasteiger partial charge in [0.25, 0.3) is 0 Å². The lowest BCUT2D eigenvalue weighted by molar-refractivity contribution is 0.0178. The summed E-state index contributed by atoms with van der Waals surface area (Å²) in [5, 5.41) is 0. The van der Waals surface area contributed by atoms with E-state index in [1.807, 2.05) is 6.07 Å². The van der Waals surface area contributed by atoms with Gasteiger partial charge in [-0.05, 0) is 6.07 Å². The number of morpholine rings is 1. The molecular weight excluding hydrogens is 180 g/mol. The second kappa shape index (κ2) is 4.59. The molecule has 1 saturated heterocycles. The largest absolute Gasteiger partial charge is 0.472 e. The zero-order valence-corrected chi connectivity index (χ0v) is 8.19. The van der Waals surface area contributed by atoms with Crippen LogP contribution in [0.25, 0.3) is 0 Å². The third-order valence-electron chi connectivity index (χ3n) is 2.64. The fourth-order valence-corrected chi connectivity index (χ4v) is 1.85. The van der Waals surface area contributed by atoms with Gasteiger partial charge in [0, 0.05) is 25.2 Å². The predicted octanol–water partition coefficient (Wildman–Crippen LogP) is 0.612. The summed E-state index contributed by atoms with van der Waals surface area (Å²) in [4.78, 5) is 2.34. The van der Waals surface area contributed by atoms with E-state index in [9.17, 15) is 0 Å². The Morgan fingerprint density at radius 2 is 2.21 bits per heavy atom. The minimum Gasteiger partial charge on any atom is -0.472 e. The summed E-state index contributed by atoms with van der Waals surface area (Å²) < 4.78 is 10.4. The molecule has 2 rings (SSSR count). The average molecular weight is 196 g/mol. The van der Waals surface area contributed by atoms with Crippen LogP contribution in [-0.2, 0) is 4.74 Å². The van der Waals surface area contributed by atoms with Crippen molar-refractivity contribution < 1.29 is 9.15 Å². The van der Waals surface area contributed by atoms with Crippen molar-refractivity contribution in [3.05, 3.63) is 24.2 Å². The summed E-state index contributed by atoms with van der Waals surface area (Å²) in [5.41, 5.74) is 6.93. The van der Waals surface area contributed by atoms with Crippen molar-refractivity contribution in [2.24, 2.45) is 5.73 Å². The second-order valence-electron chi connectivity index (χ2n) is 3.46. The fourth-order valence-electron chi connectivity index (χ4n) is 1.85. The van der Waals surface area contributed by atoms with Gasteiger partial charge in [-0.25, -0.2) is 0 Å². The molecule has 4 nitrogen and oxygen atoms in total. The topological polar surface area (TPSA) is 51.6 Å². The molecule has 0 amide bonds. The number of hydrogen-bond acceptors (Lipinski definition) is 4. The molecule has 1 unspecified atom stereocenters. The summed E-state index contributed by atoms with van der Waals surface area (Å²) in [7, 11) is 0. The van der Waals surface area contributed by atoms with E-state index in [4.69, 9.17) is 14.9 Å². The van der Waals surface area contributed by atoms with Crippen LogP contribution in [0.4, 0.5) is 0 Å². The highest BCUT2D eigenvalue weighted by Gasteiger charge is 2.21. The van der Waals surface area contributed by atoms with E-state index in [1.165, 1.54) is 0 Å². The predicted molar refractivity (Wildman–Crippen MR) is 52.9 cm³/mol. The maximum atomic E-state index is 5.77. The van der Waals surface area contributed by atoms with Gasteiger partial charge in [-0.3, -0.25) is 4.90 Å². The van der Waals surface area contributed by atoms with Crippen LogP contribution >= 0.6 is 0 Å². The zero-order chi connectivity index (χ0) is 9.80. The monoisotopic (exact) mass is 196 g/mol. The molecule has 0 spiro atoms. The minimum atomic E-state index is 0.276. The maximum Gasteiger partial charge on any atom is 0.0950 e. The summed E-state index contributed by atoms with van der Waals surface area (Å²) >= 11 is 0. The molecule has 2 N–H and O–H groups in total. The molecule has 14 heavy (non-hydrogen) atoms. The number of nitrogens with zero attached hydrogens (tertiary/aromatic N) is 1. The molecule has 0 bridgehead atoms. The smallest absolute Gasteiger partial charge is 0.0950 e. The third-order valence-corrected chi connectivity index (χ3v) is 2.64. The lowest BCUT2D eigenvalue weighted by atomic mass is 10.1. The van der Waals surface area contributed by atoms with E-state index in [2.05, 4.69) is 4.90 Å². The standard InChI is InChI=1S/C10H16N2O2/c11-7-10(9-1-4-14-8-9)12-2-5-13-6-3-12/h1,4,8,10H,2-3,5-7,11H2. The summed E-state index contributed by atoms with van der Waals surface area (Å²) in [6, 6.07) is 2.25. The first-order valence-corrected chi connectivity index (χ1v) is 4.96. The van der Waals surface area contributed by atoms with Gasteiger partial charge in [0.05, 0.1) is 31.8 Å². The Morgan fingerprint density at radius 1 is 1.43 bits per heavy atom. The molecule has 0 saturated carbocycles. The third kappa shape index (κ3) is 1.97. The Kier molecular flexibility index (Phi) is 3.18. The first kappa shape index (κ1) is 9.71. The van der Waals surface area contributed by atoms with Crippen molar-refractivity contribution in [1.29, 1.82) is 0 Å². The zero-order valence-electron chi connectivity index (χ0n) is 8.19. The molecule has 0 aliphatic carbocycles. The van der Waals surface area contributed by atoms with E-state index in [1.54, 1.807) is 12.5 Å². The van der Waals surface area contributed by atoms with Gasteiger partial charge >= 0.3 is 0 Å². The quantitative estimate of drug-likeness (QED) is 0.769. The highest BCUT2D eigenvalue weighted by Crippen LogP contribution is 2.20. The van der Waals surface area contributed by atoms with Crippen LogP contribution in [0.2, 0.25) is 0 Å². The molecule has 4 heteroatoms. The average Bonchev–Trinajstić information content (AvgIpc) is 2.74. The van der Waals surface area contributed by atoms with E-state index in [0.717, 1.165) is 31.9 Å². The lowest BCUT2D eigenvalue weighted by Gasteiger charge is -2.33. The van der Waals surface area contributed by atoms with Gasteiger partial charge in [0.15, 0.2) is 0 Å². The summed E-state index contributed by atoms with van der Waals surface area (Å²) in [5.74, 6) is 0. The van der Waals surface area contributed by atoms with E-state index >= 15 is 0 Å². The molecule has 1 aliphatic heterocycles. The van der Waals surface area contributed by atoms with E-state index < -0.39 is 0 Å². The van der Waals surface area contributed by atoms with Crippen molar-refractivity contribution in [3.8, 4) is 0 Å². The van der Waals surface area contributed by atoms with Crippen molar-refractivity contribution in [1.82, 2.24) is 4.90 Å². The molecule has 0 aromatic carbocycles. The van der Waals surface area contributed by atoms with Crippen LogP contribution in [0.15, 0.2) is 23.0 Å². The number of rotatable bonds is 3. The van der Waals surface area contributed by atoms with Crippen molar-refractivity contribution >= 4 is 0 Å². The van der Waals surface area contributed by atoms with Crippen molar-refractivity contribution in [3.63, 3.8) is 0 Å². The first-order valence-electron chi connectivity index (χ1n) is 4.96. The summed E-state index contributed by atoms with van der Waals surface area (Å²) in [6.45, 7) is 4.13. The molecule has 2 heterocycles. The van der Waals surface area contributed by atoms with Crippen LogP contribution in [0.3, 0.4) is 0 Å². The molecule has 1 aliphatic rings. The Balaban J connectivity index is 2.04. The maximum absolute atomic E-state index is 5.77. The Labute approximate surface area is 83.6 Å². The molecule has 1 fully saturated rings. The minimum absolute atomic E-state index is 0.276. The molecular formula is C10H16N2O2. The molecule has 1 aromatic heterocycles. The molecule has 1 aromatic rings. The van der Waals surface area contributed by atoms with Gasteiger partial charge in [0.1, 0.15) is 0 Å². The molecule has 0 radical (unpaired) electrons. The van der Waals surface area contributed by atoms with Gasteiger partial charge in [0.2, 0.25) is 0 Å². The van der Waals surface area contributed by atoms with Crippen LogP contribution in [0.5, 0.6) is 0 Å². The second-order valence-corrected chi connectivity index (χ2v) is 3.46. The van der Waals surface area contributed by atoms with Crippen LogP contribution < -0.4 is 5.73 Å². The van der Waals surface area contributed by atoms with Crippen LogP contribution in [0.1, 0.15) is 11.6 Å². The SMILES string of the molecule is NCC(c1ccoc1)N1CCOCC1. The fraction of sp³-hybridized carbons (Fsp3) is 0.600. The van der Waals surface area contributed by atoms with Crippen LogP contribution in [-0.4, -0.2) is 37.7 Å². The molecule has 78 valence electrons. The van der Waals surface area contributed by atoms with Gasteiger partial charge in [-0.2, -0.15) is 0 Å². The lowest BCUT2D eigenvalue weighted by Crippen LogP contribution is -2.41. The van der Waals surface area contributed by atoms with Gasteiger partial charge in [-0.15, -0.1) is 0 Å². The Morgan fingerprint density at radius 3 is 2.79 bits per heavy atom. The Hall–Kier alpha value is -0.840. The molecule has 1 atom stereocenters. The van der Waals surface area contributed by atoms with E-state index in [-0.39, 0.29) is 6.04 Å². The number of furan rings is 1. The van der Waals surface area contributed by atoms with Gasteiger partial charge < -0.3 is 14.9 Å². The highest BCUT2D eigenvalue weighted by molar-refractivity contribution is 5.12.